The Kier molecular flexibility index (Phi) is 3.70. The van der Waals surface area contributed by atoms with Crippen molar-refractivity contribution in [2.45, 2.75) is 18.9 Å². The first-order valence-corrected chi connectivity index (χ1v) is 7.06. The lowest BCUT2D eigenvalue weighted by Crippen LogP contribution is -2.22. The van der Waals surface area contributed by atoms with Crippen LogP contribution >= 0.6 is 0 Å². The summed E-state index contributed by atoms with van der Waals surface area (Å²) in [7, 11) is 0. The van der Waals surface area contributed by atoms with Gasteiger partial charge in [-0.2, -0.15) is 0 Å². The maximum Gasteiger partial charge on any atom is 0.123 e. The molecule has 2 aromatic rings. The molecule has 1 aliphatic rings. The van der Waals surface area contributed by atoms with Gasteiger partial charge in [-0.15, -0.1) is 0 Å². The Morgan fingerprint density at radius 3 is 2.60 bits per heavy atom. The molecule has 3 rings (SSSR count). The molecule has 2 N–H and O–H groups in total. The fourth-order valence-corrected chi connectivity index (χ4v) is 2.99. The minimum atomic E-state index is -0.184. The number of rotatable bonds is 4. The standard InChI is InChI=1S/C17H19FN2/c18-15-7-5-13(6-8-15)11-20-12-14(9-10-19)16-3-1-2-4-17(16)20/h1-8,14H,9-12,19H2. The fourth-order valence-electron chi connectivity index (χ4n) is 2.99. The van der Waals surface area contributed by atoms with Crippen LogP contribution in [-0.2, 0) is 6.54 Å². The highest BCUT2D eigenvalue weighted by Crippen LogP contribution is 2.38. The van der Waals surface area contributed by atoms with E-state index in [0.717, 1.165) is 25.1 Å². The van der Waals surface area contributed by atoms with Gasteiger partial charge in [0.25, 0.3) is 0 Å². The molecule has 0 fully saturated rings. The normalized spacial score (nSPS) is 17.3. The molecule has 0 saturated heterocycles. The molecule has 3 heteroatoms. The van der Waals surface area contributed by atoms with Crippen LogP contribution in [-0.4, -0.2) is 13.1 Å². The minimum Gasteiger partial charge on any atom is -0.366 e. The average Bonchev–Trinajstić information content (AvgIpc) is 2.81. The molecule has 0 bridgehead atoms. The molecule has 0 amide bonds. The molecule has 2 aromatic carbocycles. The lowest BCUT2D eigenvalue weighted by atomic mass is 9.98. The van der Waals surface area contributed by atoms with Gasteiger partial charge in [-0.3, -0.25) is 0 Å². The van der Waals surface area contributed by atoms with E-state index in [1.54, 1.807) is 0 Å². The summed E-state index contributed by atoms with van der Waals surface area (Å²) in [6, 6.07) is 15.3. The number of anilines is 1. The predicted octanol–water partition coefficient (Wildman–Crippen LogP) is 3.28. The second kappa shape index (κ2) is 5.63. The van der Waals surface area contributed by atoms with Crippen molar-refractivity contribution >= 4 is 5.69 Å². The van der Waals surface area contributed by atoms with Crippen LogP contribution < -0.4 is 10.6 Å². The summed E-state index contributed by atoms with van der Waals surface area (Å²) in [5, 5.41) is 0. The first-order chi connectivity index (χ1) is 9.78. The van der Waals surface area contributed by atoms with Gasteiger partial charge in [0, 0.05) is 24.7 Å². The molecule has 0 aromatic heterocycles. The van der Waals surface area contributed by atoms with E-state index in [1.807, 2.05) is 12.1 Å². The number of fused-ring (bicyclic) bond motifs is 1. The van der Waals surface area contributed by atoms with E-state index in [-0.39, 0.29) is 5.82 Å². The molecule has 1 unspecified atom stereocenters. The molecule has 1 atom stereocenters. The SMILES string of the molecule is NCCC1CN(Cc2ccc(F)cc2)c2ccccc21. The van der Waals surface area contributed by atoms with Crippen LogP contribution in [0.3, 0.4) is 0 Å². The highest BCUT2D eigenvalue weighted by atomic mass is 19.1. The summed E-state index contributed by atoms with van der Waals surface area (Å²) >= 11 is 0. The van der Waals surface area contributed by atoms with Crippen molar-refractivity contribution in [2.75, 3.05) is 18.0 Å². The van der Waals surface area contributed by atoms with E-state index in [2.05, 4.69) is 29.2 Å². The van der Waals surface area contributed by atoms with Gasteiger partial charge in [0.2, 0.25) is 0 Å². The molecular weight excluding hydrogens is 251 g/mol. The number of hydrogen-bond donors (Lipinski definition) is 1. The van der Waals surface area contributed by atoms with Gasteiger partial charge in [0.15, 0.2) is 0 Å². The summed E-state index contributed by atoms with van der Waals surface area (Å²) in [5.74, 6) is 0.327. The second-order valence-corrected chi connectivity index (χ2v) is 5.34. The number of nitrogens with two attached hydrogens (primary N) is 1. The van der Waals surface area contributed by atoms with Crippen LogP contribution in [0.15, 0.2) is 48.5 Å². The van der Waals surface area contributed by atoms with Crippen LogP contribution in [0.4, 0.5) is 10.1 Å². The van der Waals surface area contributed by atoms with Gasteiger partial charge in [0.05, 0.1) is 0 Å². The van der Waals surface area contributed by atoms with Crippen molar-refractivity contribution in [1.29, 1.82) is 0 Å². The van der Waals surface area contributed by atoms with E-state index in [1.165, 1.54) is 23.4 Å². The third-order valence-electron chi connectivity index (χ3n) is 3.96. The zero-order valence-corrected chi connectivity index (χ0v) is 11.4. The topological polar surface area (TPSA) is 29.3 Å². The lowest BCUT2D eigenvalue weighted by Gasteiger charge is -2.20. The van der Waals surface area contributed by atoms with Crippen molar-refractivity contribution in [3.63, 3.8) is 0 Å². The lowest BCUT2D eigenvalue weighted by molar-refractivity contribution is 0.625. The molecule has 0 spiro atoms. The van der Waals surface area contributed by atoms with Crippen molar-refractivity contribution < 1.29 is 4.39 Å². The van der Waals surface area contributed by atoms with Gasteiger partial charge in [-0.25, -0.2) is 4.39 Å². The number of hydrogen-bond acceptors (Lipinski definition) is 2. The number of nitrogens with zero attached hydrogens (tertiary/aromatic N) is 1. The number of benzene rings is 2. The maximum absolute atomic E-state index is 13.0. The quantitative estimate of drug-likeness (QED) is 0.924. The second-order valence-electron chi connectivity index (χ2n) is 5.34. The smallest absolute Gasteiger partial charge is 0.123 e. The third-order valence-corrected chi connectivity index (χ3v) is 3.96. The molecule has 0 radical (unpaired) electrons. The number of para-hydroxylation sites is 1. The Morgan fingerprint density at radius 2 is 1.85 bits per heavy atom. The van der Waals surface area contributed by atoms with Crippen LogP contribution in [0.1, 0.15) is 23.5 Å². The van der Waals surface area contributed by atoms with Gasteiger partial charge in [-0.05, 0) is 42.3 Å². The van der Waals surface area contributed by atoms with E-state index in [9.17, 15) is 4.39 Å². The molecule has 0 aliphatic carbocycles. The predicted molar refractivity (Wildman–Crippen MR) is 80.3 cm³/mol. The van der Waals surface area contributed by atoms with Crippen molar-refractivity contribution in [3.05, 3.63) is 65.5 Å². The molecule has 2 nitrogen and oxygen atoms in total. The molecule has 0 saturated carbocycles. The maximum atomic E-state index is 13.0. The Hall–Kier alpha value is -1.87. The average molecular weight is 270 g/mol. The zero-order chi connectivity index (χ0) is 13.9. The first-order valence-electron chi connectivity index (χ1n) is 7.06. The minimum absolute atomic E-state index is 0.184. The van der Waals surface area contributed by atoms with Crippen LogP contribution in [0, 0.1) is 5.82 Å². The largest absolute Gasteiger partial charge is 0.366 e. The molecule has 1 aliphatic heterocycles. The molecular formula is C17H19FN2. The monoisotopic (exact) mass is 270 g/mol. The molecule has 1 heterocycles. The first kappa shape index (κ1) is 13.1. The van der Waals surface area contributed by atoms with Crippen LogP contribution in [0.2, 0.25) is 0 Å². The summed E-state index contributed by atoms with van der Waals surface area (Å²) < 4.78 is 13.0. The van der Waals surface area contributed by atoms with Gasteiger partial charge < -0.3 is 10.6 Å². The summed E-state index contributed by atoms with van der Waals surface area (Å²) in [5.41, 5.74) is 9.53. The molecule has 20 heavy (non-hydrogen) atoms. The Balaban J connectivity index is 1.82. The van der Waals surface area contributed by atoms with Crippen LogP contribution in [0.5, 0.6) is 0 Å². The number of halogens is 1. The van der Waals surface area contributed by atoms with Gasteiger partial charge in [-0.1, -0.05) is 30.3 Å². The Labute approximate surface area is 119 Å². The highest BCUT2D eigenvalue weighted by Gasteiger charge is 2.27. The van der Waals surface area contributed by atoms with Gasteiger partial charge in [0.1, 0.15) is 5.82 Å². The van der Waals surface area contributed by atoms with E-state index in [0.29, 0.717) is 12.5 Å². The zero-order valence-electron chi connectivity index (χ0n) is 11.4. The van der Waals surface area contributed by atoms with Crippen molar-refractivity contribution in [1.82, 2.24) is 0 Å². The summed E-state index contributed by atoms with van der Waals surface area (Å²) in [6.07, 6.45) is 1.01. The van der Waals surface area contributed by atoms with Gasteiger partial charge >= 0.3 is 0 Å². The summed E-state index contributed by atoms with van der Waals surface area (Å²) in [6.45, 7) is 2.52. The molecule has 104 valence electrons. The van der Waals surface area contributed by atoms with Crippen LogP contribution in [0.25, 0.3) is 0 Å². The van der Waals surface area contributed by atoms with E-state index in [4.69, 9.17) is 5.73 Å². The fraction of sp³-hybridized carbons (Fsp3) is 0.294. The third kappa shape index (κ3) is 2.54. The van der Waals surface area contributed by atoms with Crippen molar-refractivity contribution in [3.8, 4) is 0 Å². The highest BCUT2D eigenvalue weighted by molar-refractivity contribution is 5.60. The Morgan fingerprint density at radius 1 is 1.10 bits per heavy atom. The Bertz CT molecular complexity index is 580. The van der Waals surface area contributed by atoms with E-state index < -0.39 is 0 Å². The van der Waals surface area contributed by atoms with E-state index >= 15 is 0 Å². The van der Waals surface area contributed by atoms with Crippen molar-refractivity contribution in [2.24, 2.45) is 5.73 Å². The summed E-state index contributed by atoms with van der Waals surface area (Å²) in [4.78, 5) is 2.36.